The lowest BCUT2D eigenvalue weighted by molar-refractivity contribution is 0.102. The van der Waals surface area contributed by atoms with E-state index < -0.39 is 15.6 Å². The van der Waals surface area contributed by atoms with Crippen molar-refractivity contribution in [3.63, 3.8) is 0 Å². The van der Waals surface area contributed by atoms with Gasteiger partial charge in [-0.15, -0.1) is 11.3 Å². The highest BCUT2D eigenvalue weighted by molar-refractivity contribution is 7.92. The molecule has 0 N–H and O–H groups in total. The highest BCUT2D eigenvalue weighted by atomic mass is 35.5. The average molecular weight is 253 g/mol. The van der Waals surface area contributed by atoms with Crippen LogP contribution >= 0.6 is 22.9 Å². The zero-order valence-electron chi connectivity index (χ0n) is 7.49. The molecule has 0 fully saturated rings. The zero-order valence-corrected chi connectivity index (χ0v) is 9.88. The molecular formula is C8H9ClO3S2. The number of hydrogen-bond acceptors (Lipinski definition) is 4. The molecule has 0 saturated heterocycles. The van der Waals surface area contributed by atoms with Gasteiger partial charge in [0.1, 0.15) is 5.75 Å². The molecule has 0 spiro atoms. The summed E-state index contributed by atoms with van der Waals surface area (Å²) in [5.41, 5.74) is 0. The first kappa shape index (κ1) is 11.7. The average Bonchev–Trinajstić information content (AvgIpc) is 2.51. The molecule has 0 aromatic carbocycles. The second-order valence-electron chi connectivity index (χ2n) is 2.70. The molecule has 1 heterocycles. The Hall–Kier alpha value is -0.390. The third-order valence-electron chi connectivity index (χ3n) is 1.64. The number of halogens is 1. The van der Waals surface area contributed by atoms with E-state index >= 15 is 0 Å². The van der Waals surface area contributed by atoms with Gasteiger partial charge in [0, 0.05) is 5.75 Å². The second kappa shape index (κ2) is 4.42. The van der Waals surface area contributed by atoms with Crippen LogP contribution in [0, 0.1) is 0 Å². The fourth-order valence-electron chi connectivity index (χ4n) is 0.837. The summed E-state index contributed by atoms with van der Waals surface area (Å²) in [6.45, 7) is 1.52. The summed E-state index contributed by atoms with van der Waals surface area (Å²) in [6, 6.07) is 3.12. The maximum Gasteiger partial charge on any atom is 0.187 e. The van der Waals surface area contributed by atoms with Crippen molar-refractivity contribution >= 4 is 38.6 Å². The number of rotatable bonds is 4. The third kappa shape index (κ3) is 3.08. The van der Waals surface area contributed by atoms with Gasteiger partial charge in [-0.3, -0.25) is 4.79 Å². The Kier molecular flexibility index (Phi) is 3.69. The van der Waals surface area contributed by atoms with Crippen LogP contribution in [0.2, 0.25) is 4.34 Å². The summed E-state index contributed by atoms with van der Waals surface area (Å²) in [4.78, 5) is 11.8. The van der Waals surface area contributed by atoms with Crippen LogP contribution in [0.25, 0.3) is 0 Å². The molecule has 0 aliphatic heterocycles. The Morgan fingerprint density at radius 2 is 2.14 bits per heavy atom. The van der Waals surface area contributed by atoms with E-state index in [-0.39, 0.29) is 11.5 Å². The standard InChI is InChI=1S/C8H9ClO3S2/c1-2-14(11,12)5-6(10)7-3-4-8(9)13-7/h3-4H,2,5H2,1H3. The number of carbonyl (C=O) groups excluding carboxylic acids is 1. The van der Waals surface area contributed by atoms with E-state index in [9.17, 15) is 13.2 Å². The lowest BCUT2D eigenvalue weighted by atomic mass is 10.4. The van der Waals surface area contributed by atoms with Gasteiger partial charge in [0.2, 0.25) is 0 Å². The Morgan fingerprint density at radius 3 is 2.57 bits per heavy atom. The van der Waals surface area contributed by atoms with Gasteiger partial charge in [0.15, 0.2) is 15.6 Å². The van der Waals surface area contributed by atoms with Crippen molar-refractivity contribution in [2.75, 3.05) is 11.5 Å². The number of carbonyl (C=O) groups is 1. The highest BCUT2D eigenvalue weighted by Crippen LogP contribution is 2.22. The van der Waals surface area contributed by atoms with Crippen LogP contribution in [0.1, 0.15) is 16.6 Å². The summed E-state index contributed by atoms with van der Waals surface area (Å²) in [5.74, 6) is -0.832. The molecule has 1 aromatic heterocycles. The molecule has 0 aliphatic rings. The molecule has 0 saturated carbocycles. The van der Waals surface area contributed by atoms with Gasteiger partial charge in [-0.2, -0.15) is 0 Å². The molecule has 1 rings (SSSR count). The zero-order chi connectivity index (χ0) is 10.8. The first-order valence-electron chi connectivity index (χ1n) is 3.93. The van der Waals surface area contributed by atoms with Crippen molar-refractivity contribution in [3.8, 4) is 0 Å². The first-order chi connectivity index (χ1) is 6.44. The molecule has 3 nitrogen and oxygen atoms in total. The molecule has 14 heavy (non-hydrogen) atoms. The molecule has 1 aromatic rings. The van der Waals surface area contributed by atoms with Gasteiger partial charge >= 0.3 is 0 Å². The smallest absolute Gasteiger partial charge is 0.187 e. The molecular weight excluding hydrogens is 244 g/mol. The topological polar surface area (TPSA) is 51.2 Å². The molecule has 0 radical (unpaired) electrons. The van der Waals surface area contributed by atoms with Gasteiger partial charge < -0.3 is 0 Å². The monoisotopic (exact) mass is 252 g/mol. The van der Waals surface area contributed by atoms with Gasteiger partial charge in [0.25, 0.3) is 0 Å². The summed E-state index contributed by atoms with van der Waals surface area (Å²) in [5, 5.41) is 0. The minimum Gasteiger partial charge on any atom is -0.292 e. The van der Waals surface area contributed by atoms with Gasteiger partial charge in [-0.25, -0.2) is 8.42 Å². The molecule has 0 unspecified atom stereocenters. The normalized spacial score (nSPS) is 11.6. The van der Waals surface area contributed by atoms with E-state index in [2.05, 4.69) is 0 Å². The van der Waals surface area contributed by atoms with E-state index in [0.29, 0.717) is 9.21 Å². The molecule has 0 amide bonds. The predicted molar refractivity (Wildman–Crippen MR) is 58.0 cm³/mol. The molecule has 0 atom stereocenters. The van der Waals surface area contributed by atoms with Crippen LogP contribution in [0.15, 0.2) is 12.1 Å². The highest BCUT2D eigenvalue weighted by Gasteiger charge is 2.17. The summed E-state index contributed by atoms with van der Waals surface area (Å²) in [6.07, 6.45) is 0. The number of hydrogen-bond donors (Lipinski definition) is 0. The van der Waals surface area contributed by atoms with Crippen molar-refractivity contribution < 1.29 is 13.2 Å². The lowest BCUT2D eigenvalue weighted by Crippen LogP contribution is -2.16. The Bertz CT molecular complexity index is 433. The minimum absolute atomic E-state index is 0.0160. The fraction of sp³-hybridized carbons (Fsp3) is 0.375. The van der Waals surface area contributed by atoms with Crippen LogP contribution in [-0.4, -0.2) is 25.7 Å². The van der Waals surface area contributed by atoms with Crippen LogP contribution in [-0.2, 0) is 9.84 Å². The van der Waals surface area contributed by atoms with Crippen LogP contribution in [0.3, 0.4) is 0 Å². The van der Waals surface area contributed by atoms with Crippen LogP contribution < -0.4 is 0 Å². The van der Waals surface area contributed by atoms with Crippen molar-refractivity contribution in [1.29, 1.82) is 0 Å². The van der Waals surface area contributed by atoms with Crippen molar-refractivity contribution in [2.45, 2.75) is 6.92 Å². The van der Waals surface area contributed by atoms with Gasteiger partial charge in [-0.1, -0.05) is 18.5 Å². The maximum atomic E-state index is 11.4. The number of thiophene rings is 1. The third-order valence-corrected chi connectivity index (χ3v) is 4.49. The SMILES string of the molecule is CCS(=O)(=O)CC(=O)c1ccc(Cl)s1. The quantitative estimate of drug-likeness (QED) is 0.771. The Labute approximate surface area is 91.6 Å². The Balaban J connectivity index is 2.78. The van der Waals surface area contributed by atoms with E-state index in [1.165, 1.54) is 6.92 Å². The summed E-state index contributed by atoms with van der Waals surface area (Å²) < 4.78 is 22.8. The first-order valence-corrected chi connectivity index (χ1v) is 6.95. The lowest BCUT2D eigenvalue weighted by Gasteiger charge is -1.97. The number of sulfone groups is 1. The summed E-state index contributed by atoms with van der Waals surface area (Å²) >= 11 is 6.72. The minimum atomic E-state index is -3.24. The van der Waals surface area contributed by atoms with E-state index in [1.54, 1.807) is 12.1 Å². The maximum absolute atomic E-state index is 11.4. The van der Waals surface area contributed by atoms with E-state index in [4.69, 9.17) is 11.6 Å². The Morgan fingerprint density at radius 1 is 1.50 bits per heavy atom. The second-order valence-corrected chi connectivity index (χ2v) is 6.77. The largest absolute Gasteiger partial charge is 0.292 e. The van der Waals surface area contributed by atoms with Crippen LogP contribution in [0.5, 0.6) is 0 Å². The van der Waals surface area contributed by atoms with Gasteiger partial charge in [0.05, 0.1) is 9.21 Å². The summed E-state index contributed by atoms with van der Waals surface area (Å²) in [7, 11) is -3.24. The van der Waals surface area contributed by atoms with Gasteiger partial charge in [-0.05, 0) is 12.1 Å². The van der Waals surface area contributed by atoms with E-state index in [0.717, 1.165) is 11.3 Å². The molecule has 78 valence electrons. The number of ketones is 1. The van der Waals surface area contributed by atoms with Crippen molar-refractivity contribution in [1.82, 2.24) is 0 Å². The molecule has 0 bridgehead atoms. The van der Waals surface area contributed by atoms with Crippen LogP contribution in [0.4, 0.5) is 0 Å². The fourth-order valence-corrected chi connectivity index (χ4v) is 2.67. The van der Waals surface area contributed by atoms with E-state index in [1.807, 2.05) is 0 Å². The van der Waals surface area contributed by atoms with Crippen molar-refractivity contribution in [3.05, 3.63) is 21.3 Å². The predicted octanol–water partition coefficient (Wildman–Crippen LogP) is 2.02. The molecule has 0 aliphatic carbocycles. The van der Waals surface area contributed by atoms with Crippen molar-refractivity contribution in [2.24, 2.45) is 0 Å². The molecule has 6 heteroatoms. The number of Topliss-reactive ketones (excluding diaryl/α,β-unsaturated/α-hetero) is 1.